The number of hydrogen-bond acceptors (Lipinski definition) is 5. The number of anilines is 1. The van der Waals surface area contributed by atoms with E-state index in [9.17, 15) is 0 Å². The molecule has 4 rings (SSSR count). The minimum absolute atomic E-state index is 0. The van der Waals surface area contributed by atoms with Gasteiger partial charge >= 0.3 is 0 Å². The molecule has 180 valence electrons. The van der Waals surface area contributed by atoms with Gasteiger partial charge in [-0.25, -0.2) is 4.98 Å². The monoisotopic (exact) mass is 565 g/mol. The second-order valence-electron chi connectivity index (χ2n) is 8.47. The van der Waals surface area contributed by atoms with Crippen molar-refractivity contribution in [3.8, 4) is 11.5 Å². The van der Waals surface area contributed by atoms with Gasteiger partial charge < -0.3 is 25.0 Å². The quantitative estimate of drug-likeness (QED) is 0.279. The number of nitrogens with zero attached hydrogens (tertiary/aromatic N) is 3. The number of halogens is 1. The van der Waals surface area contributed by atoms with E-state index < -0.39 is 0 Å². The van der Waals surface area contributed by atoms with E-state index in [1.54, 1.807) is 14.2 Å². The van der Waals surface area contributed by atoms with Crippen molar-refractivity contribution in [2.45, 2.75) is 57.7 Å². The van der Waals surface area contributed by atoms with Crippen LogP contribution in [-0.2, 0) is 13.1 Å². The molecule has 1 aromatic carbocycles. The van der Waals surface area contributed by atoms with Crippen molar-refractivity contribution in [1.29, 1.82) is 0 Å². The molecule has 2 N–H and O–H groups in total. The molecule has 1 aromatic heterocycles. The van der Waals surface area contributed by atoms with Gasteiger partial charge in [0.1, 0.15) is 5.82 Å². The fourth-order valence-electron chi connectivity index (χ4n) is 4.44. The van der Waals surface area contributed by atoms with Crippen LogP contribution < -0.4 is 25.0 Å². The Hall–Kier alpha value is -2.23. The normalized spacial score (nSPS) is 16.4. The standard InChI is InChI=1S/C25H35N5O2.HI/c1-26-25(28-17-19-12-13-27-23(16-19)30-14-5-6-15-30)29-18-20-8-7-11-22(31-2)24(20)32-21-9-3-4-10-21;/h7-8,11-13,16,21H,3-6,9-10,14-15,17-18H2,1-2H3,(H2,26,28,29);1H. The summed E-state index contributed by atoms with van der Waals surface area (Å²) in [4.78, 5) is 11.3. The molecule has 0 amide bonds. The number of ether oxygens (including phenoxy) is 2. The smallest absolute Gasteiger partial charge is 0.191 e. The molecule has 1 aliphatic heterocycles. The zero-order valence-corrected chi connectivity index (χ0v) is 22.0. The van der Waals surface area contributed by atoms with Crippen LogP contribution in [-0.4, -0.2) is 44.3 Å². The molecule has 2 aromatic rings. The average Bonchev–Trinajstić information content (AvgIpc) is 3.55. The molecule has 0 unspecified atom stereocenters. The van der Waals surface area contributed by atoms with Crippen LogP contribution in [0.15, 0.2) is 41.5 Å². The lowest BCUT2D eigenvalue weighted by Gasteiger charge is -2.20. The fourth-order valence-corrected chi connectivity index (χ4v) is 4.44. The highest BCUT2D eigenvalue weighted by Crippen LogP contribution is 2.34. The highest BCUT2D eigenvalue weighted by molar-refractivity contribution is 14.0. The Labute approximate surface area is 214 Å². The summed E-state index contributed by atoms with van der Waals surface area (Å²) in [5.41, 5.74) is 2.26. The molecule has 1 saturated carbocycles. The third-order valence-electron chi connectivity index (χ3n) is 6.24. The van der Waals surface area contributed by atoms with E-state index in [-0.39, 0.29) is 30.1 Å². The van der Waals surface area contributed by atoms with Crippen molar-refractivity contribution >= 4 is 35.8 Å². The number of methoxy groups -OCH3 is 1. The molecule has 0 bridgehead atoms. The number of aliphatic imine (C=N–C) groups is 1. The summed E-state index contributed by atoms with van der Waals surface area (Å²) in [5, 5.41) is 6.84. The van der Waals surface area contributed by atoms with Crippen LogP contribution in [0.2, 0.25) is 0 Å². The van der Waals surface area contributed by atoms with Gasteiger partial charge in [-0.2, -0.15) is 0 Å². The molecule has 1 aliphatic carbocycles. The van der Waals surface area contributed by atoms with Crippen molar-refractivity contribution in [3.63, 3.8) is 0 Å². The van der Waals surface area contributed by atoms with Gasteiger partial charge in [0.15, 0.2) is 17.5 Å². The zero-order chi connectivity index (χ0) is 22.2. The third-order valence-corrected chi connectivity index (χ3v) is 6.24. The minimum Gasteiger partial charge on any atom is -0.493 e. The Bertz CT molecular complexity index is 911. The lowest BCUT2D eigenvalue weighted by molar-refractivity contribution is 0.198. The molecule has 8 heteroatoms. The van der Waals surface area contributed by atoms with Crippen LogP contribution in [0, 0.1) is 0 Å². The van der Waals surface area contributed by atoms with Gasteiger partial charge in [0.2, 0.25) is 0 Å². The molecule has 2 aliphatic rings. The Morgan fingerprint density at radius 3 is 2.58 bits per heavy atom. The van der Waals surface area contributed by atoms with Crippen LogP contribution in [0.4, 0.5) is 5.82 Å². The maximum Gasteiger partial charge on any atom is 0.191 e. The summed E-state index contributed by atoms with van der Waals surface area (Å²) < 4.78 is 11.9. The van der Waals surface area contributed by atoms with Crippen LogP contribution in [0.25, 0.3) is 0 Å². The predicted molar refractivity (Wildman–Crippen MR) is 144 cm³/mol. The number of aromatic nitrogens is 1. The number of para-hydroxylation sites is 1. The molecule has 0 spiro atoms. The average molecular weight is 566 g/mol. The lowest BCUT2D eigenvalue weighted by Crippen LogP contribution is -2.36. The first-order valence-corrected chi connectivity index (χ1v) is 11.7. The van der Waals surface area contributed by atoms with Gasteiger partial charge in [0.25, 0.3) is 0 Å². The van der Waals surface area contributed by atoms with Gasteiger partial charge in [-0.3, -0.25) is 4.99 Å². The molecule has 0 radical (unpaired) electrons. The van der Waals surface area contributed by atoms with E-state index in [1.165, 1.54) is 31.2 Å². The van der Waals surface area contributed by atoms with Crippen molar-refractivity contribution in [2.75, 3.05) is 32.1 Å². The molecule has 2 fully saturated rings. The number of guanidine groups is 1. The van der Waals surface area contributed by atoms with Crippen LogP contribution >= 0.6 is 24.0 Å². The summed E-state index contributed by atoms with van der Waals surface area (Å²) in [6.45, 7) is 3.48. The van der Waals surface area contributed by atoms with Crippen molar-refractivity contribution in [2.24, 2.45) is 4.99 Å². The molecule has 0 atom stereocenters. The maximum absolute atomic E-state index is 6.35. The predicted octanol–water partition coefficient (Wildman–Crippen LogP) is 4.50. The topological polar surface area (TPSA) is 71.0 Å². The van der Waals surface area contributed by atoms with Gasteiger partial charge in [-0.05, 0) is 62.3 Å². The second kappa shape index (κ2) is 12.9. The van der Waals surface area contributed by atoms with E-state index in [0.29, 0.717) is 13.1 Å². The first-order chi connectivity index (χ1) is 15.8. The van der Waals surface area contributed by atoms with Gasteiger partial charge in [-0.15, -0.1) is 24.0 Å². The van der Waals surface area contributed by atoms with Crippen molar-refractivity contribution in [1.82, 2.24) is 15.6 Å². The largest absolute Gasteiger partial charge is 0.493 e. The van der Waals surface area contributed by atoms with E-state index in [4.69, 9.17) is 9.47 Å². The number of rotatable bonds is 8. The number of nitrogens with one attached hydrogen (secondary N) is 2. The fraction of sp³-hybridized carbons (Fsp3) is 0.520. The lowest BCUT2D eigenvalue weighted by atomic mass is 10.1. The molecule has 1 saturated heterocycles. The van der Waals surface area contributed by atoms with E-state index >= 15 is 0 Å². The number of pyridine rings is 1. The Morgan fingerprint density at radius 2 is 1.85 bits per heavy atom. The van der Waals surface area contributed by atoms with Crippen LogP contribution in [0.5, 0.6) is 11.5 Å². The molecule has 7 nitrogen and oxygen atoms in total. The summed E-state index contributed by atoms with van der Waals surface area (Å²) in [5.74, 6) is 3.44. The van der Waals surface area contributed by atoms with Gasteiger partial charge in [0.05, 0.1) is 13.2 Å². The number of hydrogen-bond donors (Lipinski definition) is 2. The first kappa shape index (κ1) is 25.4. The van der Waals surface area contributed by atoms with Gasteiger partial charge in [-0.1, -0.05) is 12.1 Å². The van der Waals surface area contributed by atoms with Crippen molar-refractivity contribution in [3.05, 3.63) is 47.7 Å². The van der Waals surface area contributed by atoms with E-state index in [2.05, 4.69) is 43.7 Å². The molecule has 2 heterocycles. The van der Waals surface area contributed by atoms with E-state index in [0.717, 1.165) is 54.8 Å². The van der Waals surface area contributed by atoms with Crippen molar-refractivity contribution < 1.29 is 9.47 Å². The minimum atomic E-state index is 0. The highest BCUT2D eigenvalue weighted by Gasteiger charge is 2.20. The van der Waals surface area contributed by atoms with Gasteiger partial charge in [0, 0.05) is 45.0 Å². The summed E-state index contributed by atoms with van der Waals surface area (Å²) in [6, 6.07) is 10.3. The SMILES string of the molecule is CN=C(NCc1ccnc(N2CCCC2)c1)NCc1cccc(OC)c1OC1CCCC1.I. The summed E-state index contributed by atoms with van der Waals surface area (Å²) in [7, 11) is 3.48. The second-order valence-corrected chi connectivity index (χ2v) is 8.47. The maximum atomic E-state index is 6.35. The summed E-state index contributed by atoms with van der Waals surface area (Å²) >= 11 is 0. The number of benzene rings is 1. The Balaban J connectivity index is 0.00000306. The molecule has 33 heavy (non-hydrogen) atoms. The third kappa shape index (κ3) is 6.88. The Kier molecular flexibility index (Phi) is 9.90. The van der Waals surface area contributed by atoms with Crippen LogP contribution in [0.1, 0.15) is 49.7 Å². The summed E-state index contributed by atoms with van der Waals surface area (Å²) in [6.07, 6.45) is 9.35. The van der Waals surface area contributed by atoms with Crippen LogP contribution in [0.3, 0.4) is 0 Å². The molecular weight excluding hydrogens is 529 g/mol. The highest BCUT2D eigenvalue weighted by atomic mass is 127. The molecular formula is C25H36IN5O2. The van der Waals surface area contributed by atoms with E-state index in [1.807, 2.05) is 18.3 Å². The first-order valence-electron chi connectivity index (χ1n) is 11.7. The zero-order valence-electron chi connectivity index (χ0n) is 19.7. The Morgan fingerprint density at radius 1 is 1.09 bits per heavy atom.